The quantitative estimate of drug-likeness (QED) is 0.207. The summed E-state index contributed by atoms with van der Waals surface area (Å²) in [5.41, 5.74) is 0. The van der Waals surface area contributed by atoms with Gasteiger partial charge in [0.05, 0.1) is 25.6 Å². The van der Waals surface area contributed by atoms with Crippen molar-refractivity contribution in [1.82, 2.24) is 0 Å². The van der Waals surface area contributed by atoms with E-state index in [2.05, 4.69) is 23.8 Å². The van der Waals surface area contributed by atoms with Crippen LogP contribution in [0.3, 0.4) is 0 Å². The number of rotatable bonds is 7. The molecule has 0 aromatic carbocycles. The van der Waals surface area contributed by atoms with E-state index in [-0.39, 0.29) is 5.97 Å². The second-order valence-electron chi connectivity index (χ2n) is 2.59. The highest BCUT2D eigenvalue weighted by molar-refractivity contribution is 5.81. The topological polar surface area (TPSA) is 35.5 Å². The number of ether oxygens (including phenoxy) is 2. The minimum atomic E-state index is -0.364. The fourth-order valence-electron chi connectivity index (χ4n) is 0.783. The molecule has 0 aliphatic heterocycles. The number of hydrogen-bond acceptors (Lipinski definition) is 3. The Morgan fingerprint density at radius 3 is 2.71 bits per heavy atom. The number of carbonyl (C=O) groups excluding carboxylic acids is 1. The van der Waals surface area contributed by atoms with Crippen LogP contribution in [0.2, 0.25) is 0 Å². The van der Waals surface area contributed by atoms with Gasteiger partial charge in [-0.15, -0.1) is 0 Å². The van der Waals surface area contributed by atoms with Crippen LogP contribution in [0.25, 0.3) is 0 Å². The molecule has 0 aliphatic carbocycles. The average Bonchev–Trinajstić information content (AvgIpc) is 2.17. The van der Waals surface area contributed by atoms with E-state index >= 15 is 0 Å². The standard InChI is InChI=1S/C11H18O3/c1-3-5-6-7-9-13-10-8-11(12)14-4-2/h5-6,8,10H,3-4,7,9H2,1-2H3/b6-5-,10-8+. The summed E-state index contributed by atoms with van der Waals surface area (Å²) in [5.74, 6) is -0.364. The van der Waals surface area contributed by atoms with Gasteiger partial charge in [-0.2, -0.15) is 0 Å². The fraction of sp³-hybridized carbons (Fsp3) is 0.545. The van der Waals surface area contributed by atoms with Gasteiger partial charge < -0.3 is 9.47 Å². The van der Waals surface area contributed by atoms with E-state index in [1.54, 1.807) is 6.92 Å². The smallest absolute Gasteiger partial charge is 0.333 e. The molecule has 0 rings (SSSR count). The third-order valence-electron chi connectivity index (χ3n) is 1.39. The Balaban J connectivity index is 3.35. The largest absolute Gasteiger partial charge is 0.501 e. The average molecular weight is 198 g/mol. The Labute approximate surface area is 85.4 Å². The molecule has 14 heavy (non-hydrogen) atoms. The zero-order valence-corrected chi connectivity index (χ0v) is 8.86. The van der Waals surface area contributed by atoms with Crippen LogP contribution in [-0.2, 0) is 14.3 Å². The van der Waals surface area contributed by atoms with Gasteiger partial charge in [0.25, 0.3) is 0 Å². The van der Waals surface area contributed by atoms with Gasteiger partial charge in [-0.05, 0) is 19.8 Å². The van der Waals surface area contributed by atoms with Crippen molar-refractivity contribution < 1.29 is 14.3 Å². The summed E-state index contributed by atoms with van der Waals surface area (Å²) >= 11 is 0. The molecule has 3 nitrogen and oxygen atoms in total. The van der Waals surface area contributed by atoms with Crippen molar-refractivity contribution in [3.63, 3.8) is 0 Å². The van der Waals surface area contributed by atoms with E-state index in [4.69, 9.17) is 4.74 Å². The van der Waals surface area contributed by atoms with E-state index in [1.807, 2.05) is 0 Å². The highest BCUT2D eigenvalue weighted by Crippen LogP contribution is 1.89. The molecule has 0 heterocycles. The minimum Gasteiger partial charge on any atom is -0.501 e. The van der Waals surface area contributed by atoms with Gasteiger partial charge in [0.2, 0.25) is 0 Å². The molecular formula is C11H18O3. The maximum absolute atomic E-state index is 10.8. The molecule has 0 radical (unpaired) electrons. The first-order chi connectivity index (χ1) is 6.81. The number of hydrogen-bond donors (Lipinski definition) is 0. The van der Waals surface area contributed by atoms with E-state index in [1.165, 1.54) is 12.3 Å². The zero-order chi connectivity index (χ0) is 10.6. The molecule has 0 atom stereocenters. The summed E-state index contributed by atoms with van der Waals surface area (Å²) in [6.07, 6.45) is 8.70. The second kappa shape index (κ2) is 9.84. The van der Waals surface area contributed by atoms with Crippen molar-refractivity contribution in [1.29, 1.82) is 0 Å². The SMILES string of the molecule is CC/C=C\CCO/C=C/C(=O)OCC. The summed E-state index contributed by atoms with van der Waals surface area (Å²) in [4.78, 5) is 10.8. The Kier molecular flexibility index (Phi) is 8.96. The third kappa shape index (κ3) is 8.84. The zero-order valence-electron chi connectivity index (χ0n) is 8.86. The summed E-state index contributed by atoms with van der Waals surface area (Å²) < 4.78 is 9.73. The first-order valence-corrected chi connectivity index (χ1v) is 4.91. The lowest BCUT2D eigenvalue weighted by Crippen LogP contribution is -1.99. The van der Waals surface area contributed by atoms with E-state index in [9.17, 15) is 4.79 Å². The molecule has 0 bridgehead atoms. The maximum Gasteiger partial charge on any atom is 0.333 e. The summed E-state index contributed by atoms with van der Waals surface area (Å²) in [6.45, 7) is 4.83. The highest BCUT2D eigenvalue weighted by Gasteiger charge is 1.91. The third-order valence-corrected chi connectivity index (χ3v) is 1.39. The number of allylic oxidation sites excluding steroid dienone is 1. The number of carbonyl (C=O) groups is 1. The second-order valence-corrected chi connectivity index (χ2v) is 2.59. The van der Waals surface area contributed by atoms with Crippen LogP contribution in [0.15, 0.2) is 24.5 Å². The molecule has 0 spiro atoms. The number of esters is 1. The summed E-state index contributed by atoms with van der Waals surface area (Å²) in [5, 5.41) is 0. The predicted molar refractivity (Wildman–Crippen MR) is 55.8 cm³/mol. The maximum atomic E-state index is 10.8. The normalized spacial score (nSPS) is 11.0. The van der Waals surface area contributed by atoms with Gasteiger partial charge >= 0.3 is 5.97 Å². The van der Waals surface area contributed by atoms with Gasteiger partial charge in [0.1, 0.15) is 0 Å². The molecule has 0 saturated heterocycles. The van der Waals surface area contributed by atoms with E-state index < -0.39 is 0 Å². The molecule has 0 N–H and O–H groups in total. The van der Waals surface area contributed by atoms with Crippen molar-refractivity contribution in [3.05, 3.63) is 24.5 Å². The lowest BCUT2D eigenvalue weighted by atomic mass is 10.3. The minimum absolute atomic E-state index is 0.364. The Morgan fingerprint density at radius 2 is 2.07 bits per heavy atom. The van der Waals surface area contributed by atoms with Crippen molar-refractivity contribution in [2.45, 2.75) is 26.7 Å². The van der Waals surface area contributed by atoms with Crippen molar-refractivity contribution in [3.8, 4) is 0 Å². The molecular weight excluding hydrogens is 180 g/mol. The van der Waals surface area contributed by atoms with Gasteiger partial charge in [-0.3, -0.25) is 0 Å². The van der Waals surface area contributed by atoms with Crippen LogP contribution in [0.4, 0.5) is 0 Å². The Hall–Kier alpha value is -1.25. The summed E-state index contributed by atoms with van der Waals surface area (Å²) in [7, 11) is 0. The molecule has 3 heteroatoms. The van der Waals surface area contributed by atoms with E-state index in [0.29, 0.717) is 13.2 Å². The van der Waals surface area contributed by atoms with Crippen molar-refractivity contribution >= 4 is 5.97 Å². The first-order valence-electron chi connectivity index (χ1n) is 4.91. The summed E-state index contributed by atoms with van der Waals surface area (Å²) in [6, 6.07) is 0. The van der Waals surface area contributed by atoms with Gasteiger partial charge in [0.15, 0.2) is 0 Å². The molecule has 0 fully saturated rings. The molecule has 0 aliphatic rings. The van der Waals surface area contributed by atoms with Gasteiger partial charge in [-0.25, -0.2) is 4.79 Å². The van der Waals surface area contributed by atoms with Crippen LogP contribution >= 0.6 is 0 Å². The predicted octanol–water partition coefficient (Wildman–Crippen LogP) is 2.44. The molecule has 0 amide bonds. The molecule has 0 aromatic heterocycles. The van der Waals surface area contributed by atoms with E-state index in [0.717, 1.165) is 12.8 Å². The molecule has 0 aromatic rings. The highest BCUT2D eigenvalue weighted by atomic mass is 16.5. The fourth-order valence-corrected chi connectivity index (χ4v) is 0.783. The molecule has 80 valence electrons. The lowest BCUT2D eigenvalue weighted by molar-refractivity contribution is -0.137. The Bertz CT molecular complexity index is 195. The van der Waals surface area contributed by atoms with Crippen LogP contribution < -0.4 is 0 Å². The lowest BCUT2D eigenvalue weighted by Gasteiger charge is -1.97. The van der Waals surface area contributed by atoms with Crippen LogP contribution in [0, 0.1) is 0 Å². The molecule has 0 unspecified atom stereocenters. The van der Waals surface area contributed by atoms with Gasteiger partial charge in [0, 0.05) is 0 Å². The Morgan fingerprint density at radius 1 is 1.29 bits per heavy atom. The van der Waals surface area contributed by atoms with Gasteiger partial charge in [-0.1, -0.05) is 19.1 Å². The van der Waals surface area contributed by atoms with Crippen molar-refractivity contribution in [2.24, 2.45) is 0 Å². The van der Waals surface area contributed by atoms with Crippen LogP contribution in [0.1, 0.15) is 26.7 Å². The van der Waals surface area contributed by atoms with Crippen molar-refractivity contribution in [2.75, 3.05) is 13.2 Å². The van der Waals surface area contributed by atoms with Crippen LogP contribution in [-0.4, -0.2) is 19.2 Å². The molecule has 0 saturated carbocycles. The van der Waals surface area contributed by atoms with Crippen LogP contribution in [0.5, 0.6) is 0 Å². The first kappa shape index (κ1) is 12.8. The monoisotopic (exact) mass is 198 g/mol.